The van der Waals surface area contributed by atoms with Crippen molar-refractivity contribution >= 4 is 33.7 Å². The molecule has 32 heavy (non-hydrogen) atoms. The molecule has 0 saturated carbocycles. The van der Waals surface area contributed by atoms with Crippen LogP contribution in [0.5, 0.6) is 0 Å². The van der Waals surface area contributed by atoms with Gasteiger partial charge in [-0.05, 0) is 59.7 Å². The van der Waals surface area contributed by atoms with Crippen LogP contribution in [0.4, 0.5) is 11.6 Å². The van der Waals surface area contributed by atoms with Crippen LogP contribution in [0.3, 0.4) is 0 Å². The summed E-state index contributed by atoms with van der Waals surface area (Å²) < 4.78 is 0. The van der Waals surface area contributed by atoms with Crippen LogP contribution in [0.15, 0.2) is 73.1 Å². The molecule has 0 aliphatic rings. The lowest BCUT2D eigenvalue weighted by Crippen LogP contribution is -1.89. The lowest BCUT2D eigenvalue weighted by Gasteiger charge is -2.01. The van der Waals surface area contributed by atoms with Crippen molar-refractivity contribution in [3.05, 3.63) is 73.1 Å². The quantitative estimate of drug-likeness (QED) is 0.336. The van der Waals surface area contributed by atoms with Gasteiger partial charge in [-0.15, -0.1) is 0 Å². The van der Waals surface area contributed by atoms with Crippen LogP contribution >= 0.6 is 0 Å². The molecule has 0 bridgehead atoms. The number of aromatic nitrogens is 6. The number of fused-ring (bicyclic) bond motifs is 2. The minimum atomic E-state index is 0.483. The van der Waals surface area contributed by atoms with E-state index in [1.54, 1.807) is 24.5 Å². The van der Waals surface area contributed by atoms with Gasteiger partial charge < -0.3 is 21.4 Å². The van der Waals surface area contributed by atoms with Crippen molar-refractivity contribution < 1.29 is 0 Å². The number of pyridine rings is 2. The van der Waals surface area contributed by atoms with Gasteiger partial charge in [0.05, 0.1) is 22.1 Å². The number of nitrogens with two attached hydrogens (primary N) is 2. The van der Waals surface area contributed by atoms with Crippen molar-refractivity contribution in [2.24, 2.45) is 0 Å². The van der Waals surface area contributed by atoms with Gasteiger partial charge in [-0.1, -0.05) is 12.1 Å². The molecule has 0 aliphatic heterocycles. The Balaban J connectivity index is 1.37. The highest BCUT2D eigenvalue weighted by atomic mass is 14.9. The van der Waals surface area contributed by atoms with E-state index in [0.29, 0.717) is 11.6 Å². The van der Waals surface area contributed by atoms with Gasteiger partial charge in [0.2, 0.25) is 0 Å². The molecule has 6 N–H and O–H groups in total. The predicted octanol–water partition coefficient (Wildman–Crippen LogP) is 4.39. The van der Waals surface area contributed by atoms with Crippen molar-refractivity contribution in [2.45, 2.75) is 0 Å². The fraction of sp³-hybridized carbons (Fsp3) is 0. The maximum atomic E-state index is 5.69. The zero-order valence-electron chi connectivity index (χ0n) is 16.9. The Morgan fingerprint density at radius 1 is 0.531 bits per heavy atom. The molecule has 0 unspecified atom stereocenters. The predicted molar refractivity (Wildman–Crippen MR) is 126 cm³/mol. The van der Waals surface area contributed by atoms with Crippen molar-refractivity contribution in [1.82, 2.24) is 29.9 Å². The summed E-state index contributed by atoms with van der Waals surface area (Å²) in [6.07, 6.45) is 3.43. The molecule has 0 radical (unpaired) electrons. The molecule has 8 nitrogen and oxygen atoms in total. The third-order valence-electron chi connectivity index (χ3n) is 5.42. The number of imidazole rings is 2. The number of benzene rings is 2. The van der Waals surface area contributed by atoms with E-state index in [-0.39, 0.29) is 0 Å². The van der Waals surface area contributed by atoms with Gasteiger partial charge in [0.1, 0.15) is 23.3 Å². The minimum absolute atomic E-state index is 0.483. The average molecular weight is 418 g/mol. The van der Waals surface area contributed by atoms with Gasteiger partial charge in [0.25, 0.3) is 0 Å². The fourth-order valence-electron chi connectivity index (χ4n) is 3.73. The lowest BCUT2D eigenvalue weighted by molar-refractivity contribution is 1.28. The summed E-state index contributed by atoms with van der Waals surface area (Å²) in [6, 6.07) is 19.7. The molecular weight excluding hydrogens is 400 g/mol. The Morgan fingerprint density at radius 2 is 0.969 bits per heavy atom. The second kappa shape index (κ2) is 6.92. The largest absolute Gasteiger partial charge is 0.384 e. The van der Waals surface area contributed by atoms with Crippen molar-refractivity contribution in [1.29, 1.82) is 0 Å². The number of hydrogen-bond acceptors (Lipinski definition) is 6. The normalized spacial score (nSPS) is 11.4. The van der Waals surface area contributed by atoms with Gasteiger partial charge in [-0.3, -0.25) is 0 Å². The molecule has 0 fully saturated rings. The molecule has 0 saturated heterocycles. The SMILES string of the molecule is Nc1ccc(-c2nc3cc(-c4ccc5[nH]c(-c6ccc(N)nc6)nc5c4)ccc3[nH]2)cn1. The molecule has 0 amide bonds. The highest BCUT2D eigenvalue weighted by molar-refractivity contribution is 5.88. The van der Waals surface area contributed by atoms with Gasteiger partial charge in [-0.2, -0.15) is 0 Å². The molecule has 6 aromatic rings. The van der Waals surface area contributed by atoms with E-state index in [1.807, 2.05) is 24.3 Å². The van der Waals surface area contributed by atoms with Gasteiger partial charge >= 0.3 is 0 Å². The molecule has 4 aromatic heterocycles. The third kappa shape index (κ3) is 3.10. The summed E-state index contributed by atoms with van der Waals surface area (Å²) in [5, 5.41) is 0. The number of rotatable bonds is 3. The van der Waals surface area contributed by atoms with Crippen LogP contribution in [0.1, 0.15) is 0 Å². The smallest absolute Gasteiger partial charge is 0.140 e. The second-order valence-corrected chi connectivity index (χ2v) is 7.58. The number of nitrogens with one attached hydrogen (secondary N) is 2. The van der Waals surface area contributed by atoms with Crippen LogP contribution in [0, 0.1) is 0 Å². The van der Waals surface area contributed by atoms with E-state index < -0.39 is 0 Å². The maximum absolute atomic E-state index is 5.69. The third-order valence-corrected chi connectivity index (χ3v) is 5.42. The van der Waals surface area contributed by atoms with E-state index in [4.69, 9.17) is 21.4 Å². The molecule has 6 rings (SSSR count). The zero-order chi connectivity index (χ0) is 21.7. The van der Waals surface area contributed by atoms with Crippen LogP contribution in [0.25, 0.3) is 56.0 Å². The highest BCUT2D eigenvalue weighted by Gasteiger charge is 2.10. The number of H-pyrrole nitrogens is 2. The Hall–Kier alpha value is -4.72. The molecule has 8 heteroatoms. The highest BCUT2D eigenvalue weighted by Crippen LogP contribution is 2.29. The molecule has 154 valence electrons. The first-order valence-electron chi connectivity index (χ1n) is 10.1. The number of anilines is 2. The molecule has 0 atom stereocenters. The Bertz CT molecular complexity index is 1460. The van der Waals surface area contributed by atoms with E-state index in [9.17, 15) is 0 Å². The number of aromatic amines is 2. The first-order chi connectivity index (χ1) is 15.6. The summed E-state index contributed by atoms with van der Waals surface area (Å²) in [6.45, 7) is 0. The summed E-state index contributed by atoms with van der Waals surface area (Å²) in [5.41, 5.74) is 18.9. The first kappa shape index (κ1) is 18.1. The summed E-state index contributed by atoms with van der Waals surface area (Å²) >= 11 is 0. The van der Waals surface area contributed by atoms with Gasteiger partial charge in [0, 0.05) is 23.5 Å². The van der Waals surface area contributed by atoms with Crippen LogP contribution in [-0.4, -0.2) is 29.9 Å². The second-order valence-electron chi connectivity index (χ2n) is 7.58. The van der Waals surface area contributed by atoms with Crippen molar-refractivity contribution in [2.75, 3.05) is 11.5 Å². The van der Waals surface area contributed by atoms with Gasteiger partial charge in [-0.25, -0.2) is 19.9 Å². The van der Waals surface area contributed by atoms with Crippen LogP contribution in [0.2, 0.25) is 0 Å². The fourth-order valence-corrected chi connectivity index (χ4v) is 3.73. The van der Waals surface area contributed by atoms with Crippen LogP contribution in [-0.2, 0) is 0 Å². The van der Waals surface area contributed by atoms with Crippen LogP contribution < -0.4 is 11.5 Å². The molecular formula is C24H18N8. The molecule has 0 aliphatic carbocycles. The molecule has 0 spiro atoms. The van der Waals surface area contributed by atoms with E-state index >= 15 is 0 Å². The zero-order valence-corrected chi connectivity index (χ0v) is 16.9. The van der Waals surface area contributed by atoms with Crippen molar-refractivity contribution in [3.8, 4) is 33.9 Å². The Kier molecular flexibility index (Phi) is 3.91. The summed E-state index contributed by atoms with van der Waals surface area (Å²) in [5.74, 6) is 2.48. The number of nitrogen functional groups attached to an aromatic ring is 2. The molecule has 2 aromatic carbocycles. The lowest BCUT2D eigenvalue weighted by atomic mass is 10.0. The van der Waals surface area contributed by atoms with Gasteiger partial charge in [0.15, 0.2) is 0 Å². The topological polar surface area (TPSA) is 135 Å². The minimum Gasteiger partial charge on any atom is -0.384 e. The number of hydrogen-bond donors (Lipinski definition) is 4. The monoisotopic (exact) mass is 418 g/mol. The summed E-state index contributed by atoms with van der Waals surface area (Å²) in [4.78, 5) is 24.4. The Labute approximate surface area is 182 Å². The number of nitrogens with zero attached hydrogens (tertiary/aromatic N) is 4. The van der Waals surface area contributed by atoms with Crippen molar-refractivity contribution in [3.63, 3.8) is 0 Å². The molecule has 4 heterocycles. The Morgan fingerprint density at radius 3 is 1.38 bits per heavy atom. The van der Waals surface area contributed by atoms with E-state index in [0.717, 1.165) is 56.0 Å². The summed E-state index contributed by atoms with van der Waals surface area (Å²) in [7, 11) is 0. The standard InChI is InChI=1S/C24H18N8/c25-21-7-3-15(11-27-21)23-29-17-5-1-13(9-19(17)31-23)14-2-6-18-20(10-14)32-24(30-18)16-4-8-22(26)28-12-16/h1-12H,(H2,25,27)(H2,26,28)(H,29,31)(H,30,32). The van der Waals surface area contributed by atoms with E-state index in [2.05, 4.69) is 44.2 Å². The first-order valence-corrected chi connectivity index (χ1v) is 10.1. The average Bonchev–Trinajstić information content (AvgIpc) is 3.43. The van der Waals surface area contributed by atoms with E-state index in [1.165, 1.54) is 0 Å². The maximum Gasteiger partial charge on any atom is 0.140 e.